The van der Waals surface area contributed by atoms with Gasteiger partial charge in [0.2, 0.25) is 0 Å². The number of nitrogens with zero attached hydrogens (tertiary/aromatic N) is 1. The second kappa shape index (κ2) is 8.27. The Hall–Kier alpha value is -1.99. The molecule has 0 aromatic heterocycles. The molecule has 1 aliphatic heterocycles. The first kappa shape index (κ1) is 21.2. The minimum atomic E-state index is -1.95. The lowest BCUT2D eigenvalue weighted by atomic mass is 9.88. The van der Waals surface area contributed by atoms with Crippen LogP contribution in [0.3, 0.4) is 0 Å². The summed E-state index contributed by atoms with van der Waals surface area (Å²) in [6, 6.07) is 19.3. The Morgan fingerprint density at radius 1 is 1.03 bits per heavy atom. The predicted molar refractivity (Wildman–Crippen MR) is 124 cm³/mol. The van der Waals surface area contributed by atoms with Gasteiger partial charge in [0.15, 0.2) is 11.4 Å². The predicted octanol–water partition coefficient (Wildman–Crippen LogP) is 5.87. The standard InChI is InChI=1S/C23H16Br2ClNO3/c24-16-7-10-20-18(11-16)23(30,12-21(28)14-5-8-17(26)9-6-14)22(29)27(20)13-15-3-1-2-4-19(15)25/h1-11,30H,12-13H2. The van der Waals surface area contributed by atoms with Crippen molar-refractivity contribution in [2.45, 2.75) is 18.6 Å². The van der Waals surface area contributed by atoms with Crippen LogP contribution < -0.4 is 4.90 Å². The molecule has 1 amide bonds. The van der Waals surface area contributed by atoms with Gasteiger partial charge >= 0.3 is 0 Å². The Kier molecular flexibility index (Phi) is 5.86. The molecule has 0 fully saturated rings. The minimum absolute atomic E-state index is 0.270. The van der Waals surface area contributed by atoms with Crippen LogP contribution in [0.4, 0.5) is 5.69 Å². The summed E-state index contributed by atoms with van der Waals surface area (Å²) < 4.78 is 1.58. The van der Waals surface area contributed by atoms with E-state index in [1.54, 1.807) is 36.4 Å². The summed E-state index contributed by atoms with van der Waals surface area (Å²) in [5, 5.41) is 12.0. The molecule has 1 heterocycles. The van der Waals surface area contributed by atoms with Crippen LogP contribution in [0, 0.1) is 0 Å². The summed E-state index contributed by atoms with van der Waals surface area (Å²) in [5.41, 5.74) is 0.341. The lowest BCUT2D eigenvalue weighted by Crippen LogP contribution is -2.41. The van der Waals surface area contributed by atoms with Gasteiger partial charge in [0.25, 0.3) is 5.91 Å². The van der Waals surface area contributed by atoms with Crippen molar-refractivity contribution in [3.05, 3.63) is 97.4 Å². The fraction of sp³-hybridized carbons (Fsp3) is 0.130. The van der Waals surface area contributed by atoms with E-state index in [1.165, 1.54) is 4.90 Å². The van der Waals surface area contributed by atoms with Crippen molar-refractivity contribution in [2.75, 3.05) is 4.90 Å². The molecule has 0 bridgehead atoms. The Balaban J connectivity index is 1.72. The number of hydrogen-bond acceptors (Lipinski definition) is 3. The zero-order chi connectivity index (χ0) is 21.5. The monoisotopic (exact) mass is 547 g/mol. The number of hydrogen-bond donors (Lipinski definition) is 1. The Labute approximate surface area is 195 Å². The molecule has 3 aromatic carbocycles. The van der Waals surface area contributed by atoms with E-state index in [-0.39, 0.29) is 18.7 Å². The largest absolute Gasteiger partial charge is 0.375 e. The van der Waals surface area contributed by atoms with Gasteiger partial charge in [0.05, 0.1) is 18.7 Å². The SMILES string of the molecule is O=C(CC1(O)C(=O)N(Cc2ccccc2Br)c2ccc(Br)cc21)c1ccc(Cl)cc1. The summed E-state index contributed by atoms with van der Waals surface area (Å²) in [4.78, 5) is 27.8. The third-order valence-corrected chi connectivity index (χ3v) is 6.68. The summed E-state index contributed by atoms with van der Waals surface area (Å²) in [6.07, 6.45) is -0.358. The quantitative estimate of drug-likeness (QED) is 0.405. The van der Waals surface area contributed by atoms with Crippen molar-refractivity contribution in [3.8, 4) is 0 Å². The summed E-state index contributed by atoms with van der Waals surface area (Å²) >= 11 is 12.8. The third-order valence-electron chi connectivity index (χ3n) is 5.16. The van der Waals surface area contributed by atoms with Crippen molar-refractivity contribution in [3.63, 3.8) is 0 Å². The minimum Gasteiger partial charge on any atom is -0.375 e. The first-order chi connectivity index (χ1) is 14.3. The number of benzene rings is 3. The molecule has 0 saturated heterocycles. The molecule has 1 atom stereocenters. The van der Waals surface area contributed by atoms with E-state index in [0.717, 1.165) is 10.0 Å². The number of ketones is 1. The smallest absolute Gasteiger partial charge is 0.264 e. The van der Waals surface area contributed by atoms with E-state index in [0.29, 0.717) is 26.3 Å². The summed E-state index contributed by atoms with van der Waals surface area (Å²) in [7, 11) is 0. The summed E-state index contributed by atoms with van der Waals surface area (Å²) in [5.74, 6) is -0.857. The lowest BCUT2D eigenvalue weighted by molar-refractivity contribution is -0.136. The lowest BCUT2D eigenvalue weighted by Gasteiger charge is -2.23. The van der Waals surface area contributed by atoms with E-state index in [1.807, 2.05) is 30.3 Å². The summed E-state index contributed by atoms with van der Waals surface area (Å²) in [6.45, 7) is 0.270. The first-order valence-electron chi connectivity index (χ1n) is 9.16. The maximum absolute atomic E-state index is 13.4. The Morgan fingerprint density at radius 3 is 2.43 bits per heavy atom. The fourth-order valence-corrected chi connectivity index (χ4v) is 4.51. The molecule has 4 rings (SSSR count). The molecule has 3 aromatic rings. The second-order valence-corrected chi connectivity index (χ2v) is 9.32. The molecular formula is C23H16Br2ClNO3. The number of anilines is 1. The van der Waals surface area contributed by atoms with Crippen LogP contribution in [-0.2, 0) is 16.9 Å². The van der Waals surface area contributed by atoms with Crippen molar-refractivity contribution in [1.82, 2.24) is 0 Å². The molecule has 0 spiro atoms. The van der Waals surface area contributed by atoms with E-state index in [4.69, 9.17) is 11.6 Å². The van der Waals surface area contributed by atoms with Gasteiger partial charge in [-0.25, -0.2) is 0 Å². The van der Waals surface area contributed by atoms with E-state index in [2.05, 4.69) is 31.9 Å². The van der Waals surface area contributed by atoms with Crippen LogP contribution >= 0.6 is 43.5 Å². The van der Waals surface area contributed by atoms with Crippen LogP contribution in [0.15, 0.2) is 75.7 Å². The molecule has 0 aliphatic carbocycles. The molecular weight excluding hydrogens is 534 g/mol. The van der Waals surface area contributed by atoms with Crippen molar-refractivity contribution >= 4 is 60.8 Å². The number of carbonyl (C=O) groups is 2. The number of fused-ring (bicyclic) bond motifs is 1. The zero-order valence-corrected chi connectivity index (χ0v) is 19.5. The molecule has 0 radical (unpaired) electrons. The molecule has 7 heteroatoms. The van der Waals surface area contributed by atoms with Crippen LogP contribution in [-0.4, -0.2) is 16.8 Å². The third kappa shape index (κ3) is 3.85. The number of aliphatic hydroxyl groups is 1. The van der Waals surface area contributed by atoms with Crippen LogP contribution in [0.25, 0.3) is 0 Å². The maximum atomic E-state index is 13.4. The van der Waals surface area contributed by atoms with Gasteiger partial charge in [0.1, 0.15) is 0 Å². The number of rotatable bonds is 5. The highest BCUT2D eigenvalue weighted by molar-refractivity contribution is 9.10. The highest BCUT2D eigenvalue weighted by atomic mass is 79.9. The van der Waals surface area contributed by atoms with Gasteiger partial charge in [-0.1, -0.05) is 61.7 Å². The number of carbonyl (C=O) groups excluding carboxylic acids is 2. The van der Waals surface area contributed by atoms with Gasteiger partial charge in [0, 0.05) is 25.1 Å². The molecule has 1 aliphatic rings. The van der Waals surface area contributed by atoms with Crippen molar-refractivity contribution in [1.29, 1.82) is 0 Å². The molecule has 1 unspecified atom stereocenters. The zero-order valence-electron chi connectivity index (χ0n) is 15.6. The van der Waals surface area contributed by atoms with Gasteiger partial charge < -0.3 is 10.0 Å². The first-order valence-corrected chi connectivity index (χ1v) is 11.1. The maximum Gasteiger partial charge on any atom is 0.264 e. The number of halogens is 3. The van der Waals surface area contributed by atoms with Crippen molar-refractivity contribution < 1.29 is 14.7 Å². The van der Waals surface area contributed by atoms with Crippen LogP contribution in [0.2, 0.25) is 5.02 Å². The molecule has 4 nitrogen and oxygen atoms in total. The van der Waals surface area contributed by atoms with E-state index < -0.39 is 11.5 Å². The molecule has 152 valence electrons. The van der Waals surface area contributed by atoms with Gasteiger partial charge in [-0.3, -0.25) is 9.59 Å². The molecule has 1 N–H and O–H groups in total. The average molecular weight is 550 g/mol. The van der Waals surface area contributed by atoms with E-state index in [9.17, 15) is 14.7 Å². The van der Waals surface area contributed by atoms with Crippen LogP contribution in [0.1, 0.15) is 27.9 Å². The fourth-order valence-electron chi connectivity index (χ4n) is 3.62. The number of Topliss-reactive ketones (excluding diaryl/α,β-unsaturated/α-hetero) is 1. The second-order valence-electron chi connectivity index (χ2n) is 7.11. The topological polar surface area (TPSA) is 57.6 Å². The van der Waals surface area contributed by atoms with Crippen LogP contribution in [0.5, 0.6) is 0 Å². The average Bonchev–Trinajstić information content (AvgIpc) is 2.91. The van der Waals surface area contributed by atoms with Gasteiger partial charge in [-0.15, -0.1) is 0 Å². The molecule has 30 heavy (non-hydrogen) atoms. The number of amides is 1. The molecule has 0 saturated carbocycles. The highest BCUT2D eigenvalue weighted by Crippen LogP contribution is 2.45. The van der Waals surface area contributed by atoms with Gasteiger partial charge in [-0.05, 0) is 54.1 Å². The normalized spacial score (nSPS) is 17.9. The Bertz CT molecular complexity index is 1150. The van der Waals surface area contributed by atoms with Gasteiger partial charge in [-0.2, -0.15) is 0 Å². The van der Waals surface area contributed by atoms with Crippen molar-refractivity contribution in [2.24, 2.45) is 0 Å². The Morgan fingerprint density at radius 2 is 1.73 bits per heavy atom. The highest BCUT2D eigenvalue weighted by Gasteiger charge is 2.51. The van der Waals surface area contributed by atoms with E-state index >= 15 is 0 Å².